The van der Waals surface area contributed by atoms with E-state index in [0.717, 1.165) is 36.4 Å². The molecule has 3 aromatic rings. The van der Waals surface area contributed by atoms with Gasteiger partial charge in [-0.15, -0.1) is 0 Å². The predicted molar refractivity (Wildman–Crippen MR) is 178 cm³/mol. The zero-order valence-corrected chi connectivity index (χ0v) is 28.6. The van der Waals surface area contributed by atoms with Crippen LogP contribution >= 0.6 is 39.1 Å². The number of halogens is 3. The fourth-order valence-corrected chi connectivity index (χ4v) is 7.12. The quantitative estimate of drug-likeness (QED) is 0.213. The van der Waals surface area contributed by atoms with Crippen LogP contribution in [-0.4, -0.2) is 50.4 Å². The number of nitrogens with zero attached hydrogens (tertiary/aromatic N) is 2. The molecule has 0 spiro atoms. The highest BCUT2D eigenvalue weighted by Gasteiger charge is 2.33. The zero-order valence-electron chi connectivity index (χ0n) is 24.6. The van der Waals surface area contributed by atoms with Gasteiger partial charge in [-0.3, -0.25) is 13.9 Å². The number of amides is 2. The Morgan fingerprint density at radius 3 is 2.25 bits per heavy atom. The van der Waals surface area contributed by atoms with Gasteiger partial charge in [0.15, 0.2) is 0 Å². The second kappa shape index (κ2) is 15.5. The highest BCUT2D eigenvalue weighted by molar-refractivity contribution is 9.10. The Hall–Kier alpha value is -2.79. The molecule has 1 saturated carbocycles. The summed E-state index contributed by atoms with van der Waals surface area (Å²) in [5.74, 6) is -0.288. The first-order valence-electron chi connectivity index (χ1n) is 14.5. The smallest absolute Gasteiger partial charge is 0.264 e. The number of hydrogen-bond donors (Lipinski definition) is 1. The summed E-state index contributed by atoms with van der Waals surface area (Å²) < 4.78 is 35.3. The van der Waals surface area contributed by atoms with Crippen molar-refractivity contribution in [3.05, 3.63) is 86.8 Å². The number of sulfonamides is 1. The van der Waals surface area contributed by atoms with Gasteiger partial charge in [-0.05, 0) is 92.9 Å². The number of benzene rings is 3. The first-order valence-corrected chi connectivity index (χ1v) is 17.5. The van der Waals surface area contributed by atoms with Gasteiger partial charge in [0.1, 0.15) is 18.3 Å². The number of anilines is 1. The monoisotopic (exact) mass is 723 g/mol. The lowest BCUT2D eigenvalue weighted by Gasteiger charge is -2.33. The third-order valence-corrected chi connectivity index (χ3v) is 10.6. The maximum Gasteiger partial charge on any atom is 0.264 e. The van der Waals surface area contributed by atoms with E-state index >= 15 is 0 Å². The Morgan fingerprint density at radius 2 is 1.64 bits per heavy atom. The third-order valence-electron chi connectivity index (χ3n) is 7.57. The van der Waals surface area contributed by atoms with Crippen LogP contribution in [0, 0.1) is 0 Å². The molecule has 12 heteroatoms. The van der Waals surface area contributed by atoms with Crippen molar-refractivity contribution in [1.82, 2.24) is 10.2 Å². The van der Waals surface area contributed by atoms with E-state index in [1.54, 1.807) is 61.5 Å². The Morgan fingerprint density at radius 1 is 0.977 bits per heavy atom. The van der Waals surface area contributed by atoms with Gasteiger partial charge >= 0.3 is 0 Å². The van der Waals surface area contributed by atoms with Crippen molar-refractivity contribution in [2.75, 3.05) is 17.5 Å². The SMILES string of the molecule is CCOc1ccc(N(CC(=O)N(Cc2ccc(Cl)c(Cl)c2)[C@H](C)C(=O)NC2CCCCC2)S(=O)(=O)c2ccc(Br)cc2)cc1. The molecule has 0 radical (unpaired) electrons. The van der Waals surface area contributed by atoms with Crippen LogP contribution in [0.1, 0.15) is 51.5 Å². The van der Waals surface area contributed by atoms with Crippen molar-refractivity contribution >= 4 is 66.7 Å². The Labute approximate surface area is 277 Å². The number of hydrogen-bond acceptors (Lipinski definition) is 5. The summed E-state index contributed by atoms with van der Waals surface area (Å²) in [6.07, 6.45) is 4.98. The summed E-state index contributed by atoms with van der Waals surface area (Å²) in [7, 11) is -4.19. The van der Waals surface area contributed by atoms with Crippen LogP contribution < -0.4 is 14.4 Å². The van der Waals surface area contributed by atoms with Crippen LogP contribution in [0.15, 0.2) is 76.1 Å². The van der Waals surface area contributed by atoms with E-state index < -0.39 is 28.5 Å². The third kappa shape index (κ3) is 8.68. The van der Waals surface area contributed by atoms with Gasteiger partial charge in [0.2, 0.25) is 11.8 Å². The molecule has 0 heterocycles. The average Bonchev–Trinajstić information content (AvgIpc) is 3.01. The summed E-state index contributed by atoms with van der Waals surface area (Å²) in [6.45, 7) is 3.42. The van der Waals surface area contributed by atoms with Gasteiger partial charge in [-0.25, -0.2) is 8.42 Å². The molecule has 236 valence electrons. The molecule has 3 aromatic carbocycles. The number of carbonyl (C=O) groups excluding carboxylic acids is 2. The molecule has 1 aliphatic rings. The van der Waals surface area contributed by atoms with Gasteiger partial charge in [-0.2, -0.15) is 0 Å². The largest absolute Gasteiger partial charge is 0.494 e. The van der Waals surface area contributed by atoms with E-state index in [-0.39, 0.29) is 29.1 Å². The predicted octanol–water partition coefficient (Wildman–Crippen LogP) is 7.22. The topological polar surface area (TPSA) is 96.0 Å². The Bertz CT molecular complexity index is 1550. The van der Waals surface area contributed by atoms with E-state index in [4.69, 9.17) is 27.9 Å². The van der Waals surface area contributed by atoms with Crippen LogP contribution in [0.3, 0.4) is 0 Å². The van der Waals surface area contributed by atoms with E-state index in [1.165, 1.54) is 17.0 Å². The van der Waals surface area contributed by atoms with Crippen LogP contribution in [0.5, 0.6) is 5.75 Å². The van der Waals surface area contributed by atoms with E-state index in [9.17, 15) is 18.0 Å². The minimum absolute atomic E-state index is 0.0153. The van der Waals surface area contributed by atoms with Crippen LogP contribution in [0.4, 0.5) is 5.69 Å². The van der Waals surface area contributed by atoms with Crippen molar-refractivity contribution in [3.8, 4) is 5.75 Å². The molecule has 0 unspecified atom stereocenters. The summed E-state index contributed by atoms with van der Waals surface area (Å²) in [6, 6.07) is 16.8. The van der Waals surface area contributed by atoms with Gasteiger partial charge in [0.05, 0.1) is 27.2 Å². The Balaban J connectivity index is 1.69. The number of rotatable bonds is 12. The summed E-state index contributed by atoms with van der Waals surface area (Å²) in [4.78, 5) is 29.0. The molecule has 44 heavy (non-hydrogen) atoms. The molecule has 1 atom stereocenters. The first kappa shape index (κ1) is 34.1. The lowest BCUT2D eigenvalue weighted by molar-refractivity contribution is -0.139. The highest BCUT2D eigenvalue weighted by atomic mass is 79.9. The molecule has 0 bridgehead atoms. The van der Waals surface area contributed by atoms with Gasteiger partial charge in [0.25, 0.3) is 10.0 Å². The number of nitrogens with one attached hydrogen (secondary N) is 1. The fourth-order valence-electron chi connectivity index (χ4n) is 5.12. The highest BCUT2D eigenvalue weighted by Crippen LogP contribution is 2.28. The van der Waals surface area contributed by atoms with Crippen molar-refractivity contribution in [1.29, 1.82) is 0 Å². The maximum absolute atomic E-state index is 14.2. The van der Waals surface area contributed by atoms with E-state index in [0.29, 0.717) is 32.4 Å². The fraction of sp³-hybridized carbons (Fsp3) is 0.375. The lowest BCUT2D eigenvalue weighted by Crippen LogP contribution is -2.53. The molecule has 1 N–H and O–H groups in total. The normalized spacial score (nSPS) is 14.5. The molecule has 8 nitrogen and oxygen atoms in total. The summed E-state index contributed by atoms with van der Waals surface area (Å²) in [5, 5.41) is 3.76. The number of ether oxygens (including phenoxy) is 1. The minimum Gasteiger partial charge on any atom is -0.494 e. The van der Waals surface area contributed by atoms with Gasteiger partial charge in [-0.1, -0.05) is 64.5 Å². The van der Waals surface area contributed by atoms with Crippen molar-refractivity contribution in [2.24, 2.45) is 0 Å². The zero-order chi connectivity index (χ0) is 31.9. The summed E-state index contributed by atoms with van der Waals surface area (Å²) >= 11 is 15.7. The van der Waals surface area contributed by atoms with Crippen molar-refractivity contribution in [2.45, 2.75) is 69.5 Å². The molecular weight excluding hydrogens is 689 g/mol. The molecule has 4 rings (SSSR count). The first-order chi connectivity index (χ1) is 21.0. The number of carbonyl (C=O) groups is 2. The molecule has 0 saturated heterocycles. The Kier molecular flexibility index (Phi) is 12.0. The van der Waals surface area contributed by atoms with Crippen molar-refractivity contribution in [3.63, 3.8) is 0 Å². The molecule has 0 aromatic heterocycles. The van der Waals surface area contributed by atoms with Gasteiger partial charge < -0.3 is 15.0 Å². The molecule has 0 aliphatic heterocycles. The molecule has 2 amide bonds. The standard InChI is InChI=1S/C32H36BrCl2N3O5S/c1-3-43-27-14-12-26(13-15-27)38(44(41,42)28-16-10-24(33)11-17-28)21-31(39)37(20-23-9-18-29(34)30(35)19-23)22(2)32(40)36-25-7-5-4-6-8-25/h9-19,22,25H,3-8,20-21H2,1-2H3,(H,36,40)/t22-/m1/s1. The van der Waals surface area contributed by atoms with Crippen LogP contribution in [0.25, 0.3) is 0 Å². The average molecular weight is 726 g/mol. The van der Waals surface area contributed by atoms with Gasteiger partial charge in [0, 0.05) is 17.1 Å². The molecular formula is C32H36BrCl2N3O5S. The lowest BCUT2D eigenvalue weighted by atomic mass is 9.95. The van der Waals surface area contributed by atoms with E-state index in [1.807, 2.05) is 6.92 Å². The minimum atomic E-state index is -4.19. The molecule has 1 aliphatic carbocycles. The second-order valence-corrected chi connectivity index (χ2v) is 14.3. The van der Waals surface area contributed by atoms with Crippen LogP contribution in [0.2, 0.25) is 10.0 Å². The summed E-state index contributed by atoms with van der Waals surface area (Å²) in [5.41, 5.74) is 0.923. The van der Waals surface area contributed by atoms with Crippen molar-refractivity contribution < 1.29 is 22.7 Å². The van der Waals surface area contributed by atoms with E-state index in [2.05, 4.69) is 21.2 Å². The second-order valence-electron chi connectivity index (χ2n) is 10.7. The maximum atomic E-state index is 14.2. The van der Waals surface area contributed by atoms with Crippen LogP contribution in [-0.2, 0) is 26.2 Å². The molecule has 1 fully saturated rings.